The van der Waals surface area contributed by atoms with E-state index >= 15 is 0 Å². The first-order valence-corrected chi connectivity index (χ1v) is 10.7. The average Bonchev–Trinajstić information content (AvgIpc) is 3.16. The molecule has 0 spiro atoms. The van der Waals surface area contributed by atoms with E-state index in [2.05, 4.69) is 15.6 Å². The molecule has 4 rings (SSSR count). The highest BCUT2D eigenvalue weighted by Gasteiger charge is 2.42. The number of thioether (sulfide) groups is 1. The van der Waals surface area contributed by atoms with Gasteiger partial charge in [0.15, 0.2) is 15.0 Å². The molecule has 8 heteroatoms. The summed E-state index contributed by atoms with van der Waals surface area (Å²) in [5.74, 6) is 0.280. The van der Waals surface area contributed by atoms with E-state index in [0.717, 1.165) is 29.3 Å². The molecule has 24 heavy (non-hydrogen) atoms. The van der Waals surface area contributed by atoms with Crippen LogP contribution in [0.5, 0.6) is 0 Å². The number of hydrogen-bond acceptors (Lipinski definition) is 6. The van der Waals surface area contributed by atoms with Gasteiger partial charge in [-0.05, 0) is 37.5 Å². The summed E-state index contributed by atoms with van der Waals surface area (Å²) in [5, 5.41) is 7.00. The number of carbonyl (C=O) groups excluding carboxylic acids is 1. The van der Waals surface area contributed by atoms with Crippen molar-refractivity contribution in [2.24, 2.45) is 4.99 Å². The minimum Gasteiger partial charge on any atom is -0.349 e. The predicted molar refractivity (Wildman–Crippen MR) is 96.5 cm³/mol. The van der Waals surface area contributed by atoms with Crippen molar-refractivity contribution in [1.82, 2.24) is 5.32 Å². The molecular weight excluding hydrogens is 346 g/mol. The van der Waals surface area contributed by atoms with Gasteiger partial charge in [-0.15, -0.1) is 0 Å². The van der Waals surface area contributed by atoms with Crippen LogP contribution in [0.25, 0.3) is 0 Å². The summed E-state index contributed by atoms with van der Waals surface area (Å²) in [6.07, 6.45) is 2.11. The number of amidine groups is 1. The Hall–Kier alpha value is -1.54. The van der Waals surface area contributed by atoms with Crippen LogP contribution in [0.4, 0.5) is 5.69 Å². The van der Waals surface area contributed by atoms with Crippen LogP contribution in [0, 0.1) is 6.92 Å². The summed E-state index contributed by atoms with van der Waals surface area (Å²) in [6.45, 7) is 1.97. The van der Waals surface area contributed by atoms with Crippen LogP contribution in [0.15, 0.2) is 23.2 Å². The fourth-order valence-corrected chi connectivity index (χ4v) is 6.59. The lowest BCUT2D eigenvalue weighted by atomic mass is 10.1. The maximum atomic E-state index is 12.2. The third-order valence-corrected chi connectivity index (χ3v) is 7.61. The van der Waals surface area contributed by atoms with Gasteiger partial charge < -0.3 is 10.6 Å². The molecule has 2 N–H and O–H groups in total. The van der Waals surface area contributed by atoms with E-state index < -0.39 is 9.84 Å². The van der Waals surface area contributed by atoms with E-state index in [9.17, 15) is 13.2 Å². The van der Waals surface area contributed by atoms with Gasteiger partial charge in [0, 0.05) is 22.5 Å². The van der Waals surface area contributed by atoms with Crippen LogP contribution in [0.2, 0.25) is 0 Å². The largest absolute Gasteiger partial charge is 0.349 e. The summed E-state index contributed by atoms with van der Waals surface area (Å²) in [6, 6.07) is 5.75. The second-order valence-electron chi connectivity index (χ2n) is 6.64. The van der Waals surface area contributed by atoms with Gasteiger partial charge in [-0.25, -0.2) is 8.42 Å². The Labute approximate surface area is 145 Å². The lowest BCUT2D eigenvalue weighted by Gasteiger charge is -2.12. The number of carbonyl (C=O) groups is 1. The van der Waals surface area contributed by atoms with Crippen molar-refractivity contribution in [3.05, 3.63) is 29.3 Å². The number of amides is 1. The number of rotatable bonds is 3. The van der Waals surface area contributed by atoms with Gasteiger partial charge in [-0.2, -0.15) is 0 Å². The number of fused-ring (bicyclic) bond motifs is 1. The molecule has 2 fully saturated rings. The fraction of sp³-hybridized carbons (Fsp3) is 0.500. The van der Waals surface area contributed by atoms with E-state index in [1.807, 2.05) is 25.1 Å². The number of sulfone groups is 1. The smallest absolute Gasteiger partial charge is 0.251 e. The van der Waals surface area contributed by atoms with Crippen molar-refractivity contribution in [2.45, 2.75) is 37.1 Å². The topological polar surface area (TPSA) is 87.6 Å². The highest BCUT2D eigenvalue weighted by atomic mass is 32.2. The number of anilines is 1. The number of benzene rings is 1. The van der Waals surface area contributed by atoms with Gasteiger partial charge in [0.2, 0.25) is 0 Å². The molecule has 0 bridgehead atoms. The SMILES string of the molecule is Cc1ccc(C(=O)NC2CC2)cc1NC1=NC2CS(=O)(=O)CC2S1. The van der Waals surface area contributed by atoms with Crippen LogP contribution in [-0.2, 0) is 9.84 Å². The molecule has 0 radical (unpaired) electrons. The molecule has 1 aliphatic carbocycles. The van der Waals surface area contributed by atoms with Crippen LogP contribution < -0.4 is 10.6 Å². The lowest BCUT2D eigenvalue weighted by molar-refractivity contribution is 0.0951. The molecule has 6 nitrogen and oxygen atoms in total. The fourth-order valence-electron chi connectivity index (χ4n) is 2.93. The second kappa shape index (κ2) is 5.77. The van der Waals surface area contributed by atoms with Crippen molar-refractivity contribution >= 4 is 38.4 Å². The summed E-state index contributed by atoms with van der Waals surface area (Å²) in [7, 11) is -2.94. The Balaban J connectivity index is 1.49. The van der Waals surface area contributed by atoms with E-state index in [1.165, 1.54) is 11.8 Å². The maximum absolute atomic E-state index is 12.2. The third kappa shape index (κ3) is 3.30. The molecule has 1 saturated heterocycles. The second-order valence-corrected chi connectivity index (χ2v) is 10.0. The predicted octanol–water partition coefficient (Wildman–Crippen LogP) is 1.57. The third-order valence-electron chi connectivity index (χ3n) is 4.47. The minimum absolute atomic E-state index is 0.0131. The monoisotopic (exact) mass is 365 g/mol. The molecule has 1 amide bonds. The molecule has 2 aliphatic heterocycles. The highest BCUT2D eigenvalue weighted by Crippen LogP contribution is 2.35. The van der Waals surface area contributed by atoms with E-state index in [-0.39, 0.29) is 28.7 Å². The Morgan fingerprint density at radius 2 is 2.08 bits per heavy atom. The van der Waals surface area contributed by atoms with E-state index in [4.69, 9.17) is 0 Å². The molecule has 3 aliphatic rings. The number of nitrogens with one attached hydrogen (secondary N) is 2. The molecule has 2 atom stereocenters. The zero-order valence-electron chi connectivity index (χ0n) is 13.3. The summed E-state index contributed by atoms with van der Waals surface area (Å²) >= 11 is 1.48. The maximum Gasteiger partial charge on any atom is 0.251 e. The first-order valence-electron chi connectivity index (χ1n) is 8.03. The number of aryl methyl sites for hydroxylation is 1. The van der Waals surface area contributed by atoms with Gasteiger partial charge in [0.1, 0.15) is 0 Å². The first-order chi connectivity index (χ1) is 11.4. The summed E-state index contributed by atoms with van der Waals surface area (Å²) in [4.78, 5) is 16.7. The van der Waals surface area contributed by atoms with Crippen molar-refractivity contribution in [3.8, 4) is 0 Å². The lowest BCUT2D eigenvalue weighted by Crippen LogP contribution is -2.25. The highest BCUT2D eigenvalue weighted by molar-refractivity contribution is 8.15. The number of aliphatic imine (C=N–C) groups is 1. The van der Waals surface area contributed by atoms with Gasteiger partial charge in [-0.1, -0.05) is 17.8 Å². The Morgan fingerprint density at radius 3 is 2.79 bits per heavy atom. The Bertz CT molecular complexity index is 831. The van der Waals surface area contributed by atoms with Crippen LogP contribution in [-0.4, -0.2) is 48.3 Å². The van der Waals surface area contributed by atoms with Crippen molar-refractivity contribution in [1.29, 1.82) is 0 Å². The average molecular weight is 365 g/mol. The molecule has 128 valence electrons. The molecule has 2 heterocycles. The zero-order valence-corrected chi connectivity index (χ0v) is 14.9. The Kier molecular flexibility index (Phi) is 3.84. The van der Waals surface area contributed by atoms with E-state index in [1.54, 1.807) is 0 Å². The van der Waals surface area contributed by atoms with Crippen molar-refractivity contribution in [2.75, 3.05) is 16.8 Å². The number of hydrogen-bond donors (Lipinski definition) is 2. The van der Waals surface area contributed by atoms with Crippen molar-refractivity contribution < 1.29 is 13.2 Å². The standard InChI is InChI=1S/C16H19N3O3S2/c1-9-2-3-10(15(20)17-11-4-5-11)6-12(9)18-16-19-13-7-24(21,22)8-14(13)23-16/h2-3,6,11,13-14H,4-5,7-8H2,1H3,(H,17,20)(H,18,19). The van der Waals surface area contributed by atoms with Crippen LogP contribution in [0.3, 0.4) is 0 Å². The van der Waals surface area contributed by atoms with Crippen molar-refractivity contribution in [3.63, 3.8) is 0 Å². The number of nitrogens with zero attached hydrogens (tertiary/aromatic N) is 1. The quantitative estimate of drug-likeness (QED) is 0.849. The van der Waals surface area contributed by atoms with E-state index in [0.29, 0.717) is 11.6 Å². The first kappa shape index (κ1) is 16.0. The molecule has 1 aromatic carbocycles. The molecular formula is C16H19N3O3S2. The van der Waals surface area contributed by atoms with Crippen LogP contribution in [0.1, 0.15) is 28.8 Å². The normalized spacial score (nSPS) is 27.5. The zero-order chi connectivity index (χ0) is 16.9. The van der Waals surface area contributed by atoms with Crippen LogP contribution >= 0.6 is 11.8 Å². The summed E-state index contributed by atoms with van der Waals surface area (Å²) in [5.41, 5.74) is 2.49. The summed E-state index contributed by atoms with van der Waals surface area (Å²) < 4.78 is 23.3. The van der Waals surface area contributed by atoms with Gasteiger partial charge in [0.25, 0.3) is 5.91 Å². The van der Waals surface area contributed by atoms with Gasteiger partial charge in [-0.3, -0.25) is 9.79 Å². The molecule has 1 saturated carbocycles. The Morgan fingerprint density at radius 1 is 1.29 bits per heavy atom. The molecule has 1 aromatic rings. The van der Waals surface area contributed by atoms with Gasteiger partial charge >= 0.3 is 0 Å². The molecule has 2 unspecified atom stereocenters. The molecule has 0 aromatic heterocycles. The minimum atomic E-state index is -2.94. The van der Waals surface area contributed by atoms with Gasteiger partial charge in [0.05, 0.1) is 17.5 Å².